The lowest BCUT2D eigenvalue weighted by atomic mass is 9.82. The number of halogens is 1. The first-order valence-electron chi connectivity index (χ1n) is 12.7. The van der Waals surface area contributed by atoms with Gasteiger partial charge in [-0.2, -0.15) is 15.0 Å². The molecule has 10 heteroatoms. The molecule has 1 aliphatic carbocycles. The molecular weight excluding hydrogens is 449 g/mol. The molecule has 1 saturated carbocycles. The zero-order chi connectivity index (χ0) is 24.8. The summed E-state index contributed by atoms with van der Waals surface area (Å²) in [7, 11) is 1.43. The summed E-state index contributed by atoms with van der Waals surface area (Å²) in [6, 6.07) is 5.00. The predicted octanol–water partition coefficient (Wildman–Crippen LogP) is 4.36. The van der Waals surface area contributed by atoms with Crippen LogP contribution in [0.25, 0.3) is 0 Å². The van der Waals surface area contributed by atoms with Crippen LogP contribution in [0.3, 0.4) is 0 Å². The number of rotatable bonds is 10. The van der Waals surface area contributed by atoms with Crippen molar-refractivity contribution in [3.8, 4) is 5.75 Å². The van der Waals surface area contributed by atoms with E-state index in [9.17, 15) is 9.50 Å². The summed E-state index contributed by atoms with van der Waals surface area (Å²) in [5.41, 5.74) is -0.661. The Bertz CT molecular complexity index is 984. The lowest BCUT2D eigenvalue weighted by molar-refractivity contribution is 0.00881. The van der Waals surface area contributed by atoms with Crippen LogP contribution in [-0.2, 0) is 0 Å². The smallest absolute Gasteiger partial charge is 0.233 e. The monoisotopic (exact) mass is 487 g/mol. The molecule has 35 heavy (non-hydrogen) atoms. The van der Waals surface area contributed by atoms with Crippen LogP contribution in [-0.4, -0.2) is 63.5 Å². The van der Waals surface area contributed by atoms with Crippen molar-refractivity contribution < 1.29 is 14.2 Å². The van der Waals surface area contributed by atoms with E-state index in [1.54, 1.807) is 19.1 Å². The second kappa shape index (κ2) is 11.3. The molecule has 0 radical (unpaired) electrons. The molecule has 192 valence electrons. The third kappa shape index (κ3) is 6.49. The maximum absolute atomic E-state index is 14.2. The number of hydrogen-bond acceptors (Lipinski definition) is 9. The fraction of sp³-hybridized carbons (Fsp3) is 0.640. The SMILES string of the molecule is CCN1CCCC1CNc1nc(Nc2ccc(OC)c(F)c2)nc(NC(C)(O)C2CCCCC2)n1. The van der Waals surface area contributed by atoms with Crippen molar-refractivity contribution in [1.29, 1.82) is 0 Å². The Morgan fingerprint density at radius 3 is 2.54 bits per heavy atom. The van der Waals surface area contributed by atoms with Gasteiger partial charge in [0.25, 0.3) is 0 Å². The zero-order valence-electron chi connectivity index (χ0n) is 21.0. The molecule has 2 fully saturated rings. The number of hydrogen-bond donors (Lipinski definition) is 4. The van der Waals surface area contributed by atoms with Gasteiger partial charge in [-0.25, -0.2) is 4.39 Å². The third-order valence-electron chi connectivity index (χ3n) is 7.21. The number of benzene rings is 1. The van der Waals surface area contributed by atoms with Gasteiger partial charge in [0.05, 0.1) is 7.11 Å². The van der Waals surface area contributed by atoms with Crippen LogP contribution in [0.15, 0.2) is 18.2 Å². The zero-order valence-corrected chi connectivity index (χ0v) is 21.0. The van der Waals surface area contributed by atoms with Gasteiger partial charge in [-0.05, 0) is 57.8 Å². The number of likely N-dealkylation sites (N-methyl/N-ethyl adjacent to an activating group) is 1. The average Bonchev–Trinajstić information content (AvgIpc) is 3.31. The average molecular weight is 488 g/mol. The lowest BCUT2D eigenvalue weighted by Gasteiger charge is -2.36. The maximum atomic E-state index is 14.2. The highest BCUT2D eigenvalue weighted by Crippen LogP contribution is 2.33. The summed E-state index contributed by atoms with van der Waals surface area (Å²) >= 11 is 0. The number of nitrogens with zero attached hydrogens (tertiary/aromatic N) is 4. The molecule has 2 aromatic rings. The van der Waals surface area contributed by atoms with E-state index in [2.05, 4.69) is 42.7 Å². The Labute approximate surface area is 206 Å². The van der Waals surface area contributed by atoms with Crippen LogP contribution in [0.5, 0.6) is 5.75 Å². The minimum atomic E-state index is -1.15. The minimum Gasteiger partial charge on any atom is -0.494 e. The Kier molecular flexibility index (Phi) is 8.22. The van der Waals surface area contributed by atoms with E-state index in [4.69, 9.17) is 4.74 Å². The van der Waals surface area contributed by atoms with Crippen LogP contribution in [0, 0.1) is 11.7 Å². The largest absolute Gasteiger partial charge is 0.494 e. The van der Waals surface area contributed by atoms with Gasteiger partial charge < -0.3 is 25.8 Å². The Balaban J connectivity index is 1.55. The van der Waals surface area contributed by atoms with Crippen molar-refractivity contribution >= 4 is 23.5 Å². The van der Waals surface area contributed by atoms with Crippen molar-refractivity contribution in [3.63, 3.8) is 0 Å². The molecule has 2 atom stereocenters. The molecule has 9 nitrogen and oxygen atoms in total. The predicted molar refractivity (Wildman–Crippen MR) is 136 cm³/mol. The summed E-state index contributed by atoms with van der Waals surface area (Å²) in [5, 5.41) is 20.8. The van der Waals surface area contributed by atoms with Gasteiger partial charge >= 0.3 is 0 Å². The first-order chi connectivity index (χ1) is 16.9. The number of aliphatic hydroxyl groups is 1. The molecular formula is C25H38FN7O2. The molecule has 2 unspecified atom stereocenters. The molecule has 1 aromatic heterocycles. The van der Waals surface area contributed by atoms with Gasteiger partial charge in [0, 0.05) is 30.3 Å². The van der Waals surface area contributed by atoms with Gasteiger partial charge in [0.15, 0.2) is 11.6 Å². The quantitative estimate of drug-likeness (QED) is 0.364. The standard InChI is InChI=1S/C25H38FN7O2/c1-4-33-14-8-11-19(33)16-27-22-29-23(28-18-12-13-21(35-3)20(26)15-18)31-24(30-22)32-25(2,34)17-9-6-5-7-10-17/h12-13,15,17,19,34H,4-11,14,16H2,1-3H3,(H3,27,28,29,30,31,32). The van der Waals surface area contributed by atoms with E-state index >= 15 is 0 Å². The van der Waals surface area contributed by atoms with Gasteiger partial charge in [0.2, 0.25) is 17.8 Å². The second-order valence-electron chi connectivity index (χ2n) is 9.69. The number of nitrogens with one attached hydrogen (secondary N) is 3. The molecule has 4 rings (SSSR count). The molecule has 0 amide bonds. The van der Waals surface area contributed by atoms with Crippen molar-refractivity contribution in [2.45, 2.75) is 70.6 Å². The Morgan fingerprint density at radius 2 is 1.83 bits per heavy atom. The highest BCUT2D eigenvalue weighted by Gasteiger charge is 2.33. The Hall–Kier alpha value is -2.72. The number of aromatic nitrogens is 3. The van der Waals surface area contributed by atoms with Gasteiger partial charge in [0.1, 0.15) is 5.72 Å². The van der Waals surface area contributed by atoms with E-state index in [0.29, 0.717) is 24.2 Å². The fourth-order valence-electron chi connectivity index (χ4n) is 5.18. The topological polar surface area (TPSA) is 107 Å². The van der Waals surface area contributed by atoms with Crippen LogP contribution in [0.4, 0.5) is 27.9 Å². The van der Waals surface area contributed by atoms with Crippen LogP contribution in [0.1, 0.15) is 58.8 Å². The van der Waals surface area contributed by atoms with Crippen molar-refractivity contribution in [3.05, 3.63) is 24.0 Å². The highest BCUT2D eigenvalue weighted by atomic mass is 19.1. The molecule has 2 aliphatic rings. The minimum absolute atomic E-state index is 0.119. The van der Waals surface area contributed by atoms with Gasteiger partial charge in [-0.1, -0.05) is 26.2 Å². The Morgan fingerprint density at radius 1 is 1.09 bits per heavy atom. The van der Waals surface area contributed by atoms with E-state index < -0.39 is 11.5 Å². The first kappa shape index (κ1) is 25.4. The lowest BCUT2D eigenvalue weighted by Crippen LogP contribution is -2.44. The molecule has 0 spiro atoms. The van der Waals surface area contributed by atoms with Crippen molar-refractivity contribution in [2.24, 2.45) is 5.92 Å². The number of likely N-dealkylation sites (tertiary alicyclic amines) is 1. The molecule has 4 N–H and O–H groups in total. The molecule has 1 aromatic carbocycles. The van der Waals surface area contributed by atoms with Gasteiger partial charge in [-0.3, -0.25) is 4.90 Å². The summed E-state index contributed by atoms with van der Waals surface area (Å²) in [6.45, 7) is 6.78. The van der Waals surface area contributed by atoms with E-state index in [1.807, 2.05) is 0 Å². The second-order valence-corrected chi connectivity index (χ2v) is 9.69. The number of ether oxygens (including phenoxy) is 1. The maximum Gasteiger partial charge on any atom is 0.233 e. The van der Waals surface area contributed by atoms with E-state index in [1.165, 1.54) is 26.0 Å². The van der Waals surface area contributed by atoms with E-state index in [-0.39, 0.29) is 23.6 Å². The number of methoxy groups -OCH3 is 1. The van der Waals surface area contributed by atoms with Crippen molar-refractivity contribution in [1.82, 2.24) is 19.9 Å². The fourth-order valence-corrected chi connectivity index (χ4v) is 5.18. The first-order valence-corrected chi connectivity index (χ1v) is 12.7. The van der Waals surface area contributed by atoms with Crippen LogP contribution in [0.2, 0.25) is 0 Å². The van der Waals surface area contributed by atoms with Crippen LogP contribution >= 0.6 is 0 Å². The summed E-state index contributed by atoms with van der Waals surface area (Å²) in [6.07, 6.45) is 7.65. The summed E-state index contributed by atoms with van der Waals surface area (Å²) in [5.74, 6) is 0.733. The van der Waals surface area contributed by atoms with Crippen molar-refractivity contribution in [2.75, 3.05) is 42.7 Å². The molecule has 2 heterocycles. The third-order valence-corrected chi connectivity index (χ3v) is 7.21. The number of anilines is 4. The summed E-state index contributed by atoms with van der Waals surface area (Å²) < 4.78 is 19.2. The van der Waals surface area contributed by atoms with Crippen LogP contribution < -0.4 is 20.7 Å². The summed E-state index contributed by atoms with van der Waals surface area (Å²) in [4.78, 5) is 16.0. The molecule has 0 bridgehead atoms. The highest BCUT2D eigenvalue weighted by molar-refractivity contribution is 5.57. The van der Waals surface area contributed by atoms with Gasteiger partial charge in [-0.15, -0.1) is 0 Å². The van der Waals surface area contributed by atoms with E-state index in [0.717, 1.165) is 45.2 Å². The molecule has 1 aliphatic heterocycles. The molecule has 1 saturated heterocycles. The normalized spacial score (nSPS) is 20.9.